The zero-order chi connectivity index (χ0) is 12.0. The second-order valence-corrected chi connectivity index (χ2v) is 3.41. The van der Waals surface area contributed by atoms with E-state index in [1.165, 1.54) is 0 Å². The summed E-state index contributed by atoms with van der Waals surface area (Å²) in [5.41, 5.74) is 0.913. The number of rotatable bonds is 6. The monoisotopic (exact) mass is 220 g/mol. The molecule has 0 aromatic carbocycles. The molecule has 5 heteroatoms. The van der Waals surface area contributed by atoms with Gasteiger partial charge >= 0.3 is 0 Å². The van der Waals surface area contributed by atoms with Crippen LogP contribution in [-0.2, 0) is 11.2 Å². The van der Waals surface area contributed by atoms with Crippen LogP contribution in [0.2, 0.25) is 0 Å². The Morgan fingerprint density at radius 3 is 3.00 bits per heavy atom. The molecule has 0 saturated carbocycles. The van der Waals surface area contributed by atoms with Crippen molar-refractivity contribution in [2.24, 2.45) is 4.99 Å². The van der Waals surface area contributed by atoms with E-state index in [-0.39, 0.29) is 11.8 Å². The van der Waals surface area contributed by atoms with E-state index in [4.69, 9.17) is 0 Å². The van der Waals surface area contributed by atoms with Crippen molar-refractivity contribution in [2.45, 2.75) is 19.4 Å². The number of ketones is 1. The Hall–Kier alpha value is -1.91. The van der Waals surface area contributed by atoms with Gasteiger partial charge in [-0.15, -0.1) is 0 Å². The van der Waals surface area contributed by atoms with Gasteiger partial charge in [-0.25, -0.2) is 4.98 Å². The van der Waals surface area contributed by atoms with Crippen LogP contribution in [0.3, 0.4) is 0 Å². The molecule has 0 fully saturated rings. The van der Waals surface area contributed by atoms with Crippen molar-refractivity contribution in [3.63, 3.8) is 0 Å². The van der Waals surface area contributed by atoms with Crippen LogP contribution in [0.15, 0.2) is 30.3 Å². The van der Waals surface area contributed by atoms with Crippen LogP contribution >= 0.6 is 0 Å². The number of aromatic amines is 1. The van der Waals surface area contributed by atoms with Crippen LogP contribution in [0.5, 0.6) is 0 Å². The third-order valence-electron chi connectivity index (χ3n) is 2.26. The van der Waals surface area contributed by atoms with E-state index in [1.54, 1.807) is 43.9 Å². The predicted molar refractivity (Wildman–Crippen MR) is 63.2 cm³/mol. The lowest BCUT2D eigenvalue weighted by atomic mass is 10.1. The topological polar surface area (TPSA) is 61.4 Å². The van der Waals surface area contributed by atoms with Gasteiger partial charge in [-0.05, 0) is 13.1 Å². The van der Waals surface area contributed by atoms with Gasteiger partial charge in [-0.2, -0.15) is 0 Å². The lowest BCUT2D eigenvalue weighted by Crippen LogP contribution is -2.37. The molecule has 1 N–H and O–H groups in total. The van der Waals surface area contributed by atoms with Gasteiger partial charge < -0.3 is 9.88 Å². The second-order valence-electron chi connectivity index (χ2n) is 3.41. The molecule has 1 heterocycles. The fourth-order valence-corrected chi connectivity index (χ4v) is 1.45. The molecule has 0 aliphatic heterocycles. The molecule has 1 aromatic heterocycles. The lowest BCUT2D eigenvalue weighted by molar-refractivity contribution is -0.120. The number of hydrogen-bond acceptors (Lipinski definition) is 3. The summed E-state index contributed by atoms with van der Waals surface area (Å²) in [5, 5.41) is 0. The van der Waals surface area contributed by atoms with E-state index in [1.807, 2.05) is 0 Å². The third-order valence-corrected chi connectivity index (χ3v) is 2.26. The van der Waals surface area contributed by atoms with Crippen LogP contribution in [-0.4, -0.2) is 40.1 Å². The van der Waals surface area contributed by atoms with E-state index >= 15 is 0 Å². The summed E-state index contributed by atoms with van der Waals surface area (Å²) in [6.45, 7) is 5.23. The first-order chi connectivity index (χ1) is 7.69. The fourth-order valence-electron chi connectivity index (χ4n) is 1.45. The standard InChI is InChI=1S/C11H16N4O/c1-4-15(8-12-3)11(9(2)16)5-10-6-13-7-14-10/h4,6-8,11H,1,5H2,2-3H3,(H,13,14). The van der Waals surface area contributed by atoms with Gasteiger partial charge in [-0.3, -0.25) is 9.79 Å². The summed E-state index contributed by atoms with van der Waals surface area (Å²) in [4.78, 5) is 24.0. The van der Waals surface area contributed by atoms with E-state index in [0.717, 1.165) is 5.69 Å². The SMILES string of the molecule is C=CN(C=NC)C(Cc1cnc[nH]1)C(C)=O. The summed E-state index contributed by atoms with van der Waals surface area (Å²) < 4.78 is 0. The Morgan fingerprint density at radius 2 is 2.56 bits per heavy atom. The van der Waals surface area contributed by atoms with Gasteiger partial charge in [0, 0.05) is 25.4 Å². The normalized spacial score (nSPS) is 12.6. The minimum absolute atomic E-state index is 0.0643. The average molecular weight is 220 g/mol. The van der Waals surface area contributed by atoms with E-state index in [2.05, 4.69) is 21.5 Å². The highest BCUT2D eigenvalue weighted by molar-refractivity contribution is 5.84. The minimum Gasteiger partial charge on any atom is -0.348 e. The van der Waals surface area contributed by atoms with Crippen LogP contribution < -0.4 is 0 Å². The minimum atomic E-state index is -0.290. The Bertz CT molecular complexity index is 369. The number of nitrogens with zero attached hydrogens (tertiary/aromatic N) is 3. The average Bonchev–Trinajstić information content (AvgIpc) is 2.75. The maximum atomic E-state index is 11.6. The molecule has 1 rings (SSSR count). The molecule has 0 spiro atoms. The molecule has 5 nitrogen and oxygen atoms in total. The van der Waals surface area contributed by atoms with Crippen molar-refractivity contribution in [1.29, 1.82) is 0 Å². The van der Waals surface area contributed by atoms with Gasteiger partial charge in [0.05, 0.1) is 18.7 Å². The highest BCUT2D eigenvalue weighted by Gasteiger charge is 2.19. The highest BCUT2D eigenvalue weighted by atomic mass is 16.1. The smallest absolute Gasteiger partial charge is 0.152 e. The molecular formula is C11H16N4O. The number of imidazole rings is 1. The van der Waals surface area contributed by atoms with Crippen molar-refractivity contribution in [2.75, 3.05) is 7.05 Å². The van der Waals surface area contributed by atoms with Gasteiger partial charge in [0.25, 0.3) is 0 Å². The predicted octanol–water partition coefficient (Wildman–Crippen LogP) is 1.01. The van der Waals surface area contributed by atoms with Crippen molar-refractivity contribution in [1.82, 2.24) is 14.9 Å². The van der Waals surface area contributed by atoms with E-state index in [0.29, 0.717) is 6.42 Å². The molecule has 1 unspecified atom stereocenters. The fraction of sp³-hybridized carbons (Fsp3) is 0.364. The summed E-state index contributed by atoms with van der Waals surface area (Å²) in [7, 11) is 1.66. The molecule has 0 bridgehead atoms. The first-order valence-corrected chi connectivity index (χ1v) is 4.99. The summed E-state index contributed by atoms with van der Waals surface area (Å²) >= 11 is 0. The van der Waals surface area contributed by atoms with Crippen molar-refractivity contribution in [3.05, 3.63) is 31.0 Å². The Kier molecular flexibility index (Phi) is 4.44. The van der Waals surface area contributed by atoms with Crippen molar-refractivity contribution < 1.29 is 4.79 Å². The van der Waals surface area contributed by atoms with Crippen LogP contribution in [0.1, 0.15) is 12.6 Å². The maximum absolute atomic E-state index is 11.6. The molecule has 1 atom stereocenters. The van der Waals surface area contributed by atoms with Crippen molar-refractivity contribution in [3.8, 4) is 0 Å². The Labute approximate surface area is 94.9 Å². The number of nitrogens with one attached hydrogen (secondary N) is 1. The lowest BCUT2D eigenvalue weighted by Gasteiger charge is -2.23. The molecule has 0 aliphatic carbocycles. The van der Waals surface area contributed by atoms with Crippen LogP contribution in [0.25, 0.3) is 0 Å². The first-order valence-electron chi connectivity index (χ1n) is 4.99. The zero-order valence-electron chi connectivity index (χ0n) is 9.55. The number of aromatic nitrogens is 2. The number of hydrogen-bond donors (Lipinski definition) is 1. The molecule has 1 aromatic rings. The van der Waals surface area contributed by atoms with Gasteiger partial charge in [0.15, 0.2) is 5.78 Å². The molecule has 0 aliphatic rings. The van der Waals surface area contributed by atoms with Gasteiger partial charge in [-0.1, -0.05) is 6.58 Å². The first kappa shape index (κ1) is 12.2. The summed E-state index contributed by atoms with van der Waals surface area (Å²) in [5.74, 6) is 0.0643. The second kappa shape index (κ2) is 5.85. The van der Waals surface area contributed by atoms with Gasteiger partial charge in [0.2, 0.25) is 0 Å². The molecule has 16 heavy (non-hydrogen) atoms. The summed E-state index contributed by atoms with van der Waals surface area (Å²) in [6, 6.07) is -0.290. The Balaban J connectivity index is 2.81. The largest absolute Gasteiger partial charge is 0.348 e. The Morgan fingerprint density at radius 1 is 1.81 bits per heavy atom. The third kappa shape index (κ3) is 3.05. The number of carbonyl (C=O) groups excluding carboxylic acids is 1. The highest BCUT2D eigenvalue weighted by Crippen LogP contribution is 2.07. The molecule has 0 amide bonds. The number of carbonyl (C=O) groups is 1. The number of Topliss-reactive ketones (excluding diaryl/α,β-unsaturated/α-hetero) is 1. The molecule has 0 radical (unpaired) electrons. The molecular weight excluding hydrogens is 204 g/mol. The maximum Gasteiger partial charge on any atom is 0.152 e. The number of H-pyrrole nitrogens is 1. The van der Waals surface area contributed by atoms with Gasteiger partial charge in [0.1, 0.15) is 0 Å². The van der Waals surface area contributed by atoms with E-state index < -0.39 is 0 Å². The summed E-state index contributed by atoms with van der Waals surface area (Å²) in [6.07, 6.45) is 7.05. The molecule has 86 valence electrons. The quantitative estimate of drug-likeness (QED) is 0.575. The van der Waals surface area contributed by atoms with E-state index in [9.17, 15) is 4.79 Å². The molecule has 0 saturated heterocycles. The van der Waals surface area contributed by atoms with Crippen molar-refractivity contribution >= 4 is 12.1 Å². The van der Waals surface area contributed by atoms with Crippen LogP contribution in [0.4, 0.5) is 0 Å². The zero-order valence-corrected chi connectivity index (χ0v) is 9.55. The van der Waals surface area contributed by atoms with Crippen LogP contribution in [0, 0.1) is 0 Å². The number of aliphatic imine (C=N–C) groups is 1.